The van der Waals surface area contributed by atoms with Gasteiger partial charge >= 0.3 is 0 Å². The fraction of sp³-hybridized carbons (Fsp3) is 0.300. The van der Waals surface area contributed by atoms with Crippen molar-refractivity contribution in [3.8, 4) is 0 Å². The molecule has 1 fully saturated rings. The number of hydrogen-bond donors (Lipinski definition) is 0. The third-order valence-electron chi connectivity index (χ3n) is 4.93. The molecule has 0 saturated carbocycles. The van der Waals surface area contributed by atoms with Crippen LogP contribution in [0.4, 0.5) is 9.52 Å². The molecule has 2 heterocycles. The van der Waals surface area contributed by atoms with Crippen LogP contribution < -0.4 is 4.90 Å². The van der Waals surface area contributed by atoms with Gasteiger partial charge in [-0.1, -0.05) is 23.5 Å². The van der Waals surface area contributed by atoms with Gasteiger partial charge in [0.15, 0.2) is 5.13 Å². The van der Waals surface area contributed by atoms with Gasteiger partial charge in [-0.25, -0.2) is 9.37 Å². The lowest BCUT2D eigenvalue weighted by Crippen LogP contribution is -2.49. The Morgan fingerprint density at radius 2 is 1.77 bits per heavy atom. The van der Waals surface area contributed by atoms with Gasteiger partial charge in [0.05, 0.1) is 15.8 Å². The molecule has 4 rings (SSSR count). The van der Waals surface area contributed by atoms with Gasteiger partial charge in [-0.15, -0.1) is 0 Å². The summed E-state index contributed by atoms with van der Waals surface area (Å²) in [6.07, 6.45) is 0. The average molecular weight is 369 g/mol. The van der Waals surface area contributed by atoms with Gasteiger partial charge in [0, 0.05) is 26.2 Å². The van der Waals surface area contributed by atoms with E-state index in [1.807, 2.05) is 0 Å². The highest BCUT2D eigenvalue weighted by atomic mass is 32.1. The molecule has 0 atom stereocenters. The summed E-state index contributed by atoms with van der Waals surface area (Å²) < 4.78 is 15.0. The van der Waals surface area contributed by atoms with Crippen molar-refractivity contribution in [2.24, 2.45) is 0 Å². The molecule has 0 N–H and O–H groups in total. The molecule has 4 nitrogen and oxygen atoms in total. The highest BCUT2D eigenvalue weighted by molar-refractivity contribution is 7.22. The maximum absolute atomic E-state index is 13.9. The van der Waals surface area contributed by atoms with Gasteiger partial charge < -0.3 is 9.80 Å². The number of fused-ring (bicyclic) bond motifs is 1. The van der Waals surface area contributed by atoms with Crippen molar-refractivity contribution in [1.82, 2.24) is 9.88 Å². The minimum Gasteiger partial charge on any atom is -0.345 e. The molecule has 26 heavy (non-hydrogen) atoms. The summed E-state index contributed by atoms with van der Waals surface area (Å²) in [5.74, 6) is -0.699. The number of piperazine rings is 1. The monoisotopic (exact) mass is 369 g/mol. The molecule has 0 spiro atoms. The van der Waals surface area contributed by atoms with E-state index in [2.05, 4.69) is 30.9 Å². The van der Waals surface area contributed by atoms with Gasteiger partial charge in [0.25, 0.3) is 5.91 Å². The van der Waals surface area contributed by atoms with Crippen LogP contribution >= 0.6 is 11.3 Å². The zero-order chi connectivity index (χ0) is 18.3. The number of benzene rings is 2. The summed E-state index contributed by atoms with van der Waals surface area (Å²) in [5, 5.41) is 0.989. The van der Waals surface area contributed by atoms with Crippen LogP contribution in [0.2, 0.25) is 0 Å². The number of thiazole rings is 1. The van der Waals surface area contributed by atoms with Crippen LogP contribution in [0.1, 0.15) is 21.5 Å². The zero-order valence-electron chi connectivity index (χ0n) is 14.8. The first-order valence-electron chi connectivity index (χ1n) is 8.69. The molecule has 2 aromatic carbocycles. The number of carbonyl (C=O) groups is 1. The van der Waals surface area contributed by atoms with Crippen LogP contribution in [0.5, 0.6) is 0 Å². The van der Waals surface area contributed by atoms with E-state index in [9.17, 15) is 9.18 Å². The summed E-state index contributed by atoms with van der Waals surface area (Å²) in [7, 11) is 0. The van der Waals surface area contributed by atoms with Crippen molar-refractivity contribution < 1.29 is 9.18 Å². The Morgan fingerprint density at radius 1 is 1.08 bits per heavy atom. The van der Waals surface area contributed by atoms with E-state index < -0.39 is 5.82 Å². The number of anilines is 1. The SMILES string of the molecule is Cc1cc2nc(N3CCN(C(=O)c4ccccc4F)CC3)sc2cc1C. The Morgan fingerprint density at radius 3 is 2.50 bits per heavy atom. The zero-order valence-corrected chi connectivity index (χ0v) is 15.6. The molecule has 1 saturated heterocycles. The lowest BCUT2D eigenvalue weighted by molar-refractivity contribution is 0.0742. The maximum Gasteiger partial charge on any atom is 0.256 e. The Hall–Kier alpha value is -2.47. The number of rotatable bonds is 2. The van der Waals surface area contributed by atoms with Crippen molar-refractivity contribution in [2.45, 2.75) is 13.8 Å². The average Bonchev–Trinajstić information content (AvgIpc) is 3.05. The van der Waals surface area contributed by atoms with Gasteiger partial charge in [-0.2, -0.15) is 0 Å². The number of aryl methyl sites for hydroxylation is 2. The lowest BCUT2D eigenvalue weighted by Gasteiger charge is -2.34. The number of hydrogen-bond acceptors (Lipinski definition) is 4. The predicted octanol–water partition coefficient (Wildman–Crippen LogP) is 4.01. The van der Waals surface area contributed by atoms with E-state index in [0.717, 1.165) is 10.6 Å². The van der Waals surface area contributed by atoms with E-state index in [4.69, 9.17) is 4.98 Å². The molecular formula is C20H20FN3OS. The Balaban J connectivity index is 1.48. The number of aromatic nitrogens is 1. The fourth-order valence-corrected chi connectivity index (χ4v) is 4.31. The number of carbonyl (C=O) groups excluding carboxylic acids is 1. The molecule has 0 aliphatic carbocycles. The summed E-state index contributed by atoms with van der Waals surface area (Å²) in [5.41, 5.74) is 3.69. The topological polar surface area (TPSA) is 36.4 Å². The summed E-state index contributed by atoms with van der Waals surface area (Å²) in [6.45, 7) is 6.76. The molecule has 0 radical (unpaired) electrons. The molecular weight excluding hydrogens is 349 g/mol. The van der Waals surface area contributed by atoms with E-state index in [-0.39, 0.29) is 11.5 Å². The van der Waals surface area contributed by atoms with Crippen molar-refractivity contribution >= 4 is 32.6 Å². The maximum atomic E-state index is 13.9. The normalized spacial score (nSPS) is 14.9. The minimum atomic E-state index is -0.461. The molecule has 1 aromatic heterocycles. The van der Waals surface area contributed by atoms with E-state index in [1.165, 1.54) is 21.9 Å². The van der Waals surface area contributed by atoms with Gasteiger partial charge in [0.1, 0.15) is 5.82 Å². The van der Waals surface area contributed by atoms with Gasteiger partial charge in [-0.05, 0) is 49.2 Å². The van der Waals surface area contributed by atoms with Crippen LogP contribution in [-0.2, 0) is 0 Å². The van der Waals surface area contributed by atoms with Crippen molar-refractivity contribution in [3.05, 3.63) is 58.9 Å². The van der Waals surface area contributed by atoms with Crippen molar-refractivity contribution in [1.29, 1.82) is 0 Å². The summed E-state index contributed by atoms with van der Waals surface area (Å²) in [4.78, 5) is 21.2. The quantitative estimate of drug-likeness (QED) is 0.685. The highest BCUT2D eigenvalue weighted by Crippen LogP contribution is 2.31. The Bertz CT molecular complexity index is 937. The molecule has 1 aliphatic heterocycles. The summed E-state index contributed by atoms with van der Waals surface area (Å²) in [6, 6.07) is 10.5. The van der Waals surface area contributed by atoms with Crippen LogP contribution in [-0.4, -0.2) is 42.0 Å². The third-order valence-corrected chi connectivity index (χ3v) is 6.01. The van der Waals surface area contributed by atoms with Crippen LogP contribution in [0.3, 0.4) is 0 Å². The summed E-state index contributed by atoms with van der Waals surface area (Å²) >= 11 is 1.69. The fourth-order valence-electron chi connectivity index (χ4n) is 3.21. The first-order valence-corrected chi connectivity index (χ1v) is 9.51. The molecule has 0 bridgehead atoms. The van der Waals surface area contributed by atoms with Crippen LogP contribution in [0, 0.1) is 19.7 Å². The lowest BCUT2D eigenvalue weighted by atomic mass is 10.1. The Labute approximate surface area is 155 Å². The number of halogens is 1. The van der Waals surface area contributed by atoms with E-state index in [0.29, 0.717) is 26.2 Å². The van der Waals surface area contributed by atoms with Crippen molar-refractivity contribution in [3.63, 3.8) is 0 Å². The van der Waals surface area contributed by atoms with E-state index >= 15 is 0 Å². The molecule has 134 valence electrons. The second kappa shape index (κ2) is 6.68. The first kappa shape index (κ1) is 17.0. The third kappa shape index (κ3) is 3.05. The number of nitrogens with zero attached hydrogens (tertiary/aromatic N) is 3. The highest BCUT2D eigenvalue weighted by Gasteiger charge is 2.25. The molecule has 1 aliphatic rings. The van der Waals surface area contributed by atoms with Gasteiger partial charge in [-0.3, -0.25) is 4.79 Å². The largest absolute Gasteiger partial charge is 0.345 e. The second-order valence-corrected chi connectivity index (χ2v) is 7.67. The van der Waals surface area contributed by atoms with Crippen LogP contribution in [0.15, 0.2) is 36.4 Å². The predicted molar refractivity (Wildman–Crippen MR) is 104 cm³/mol. The standard InChI is InChI=1S/C20H20FN3OS/c1-13-11-17-18(12-14(13)2)26-20(22-17)24-9-7-23(8-10-24)19(25)15-5-3-4-6-16(15)21/h3-6,11-12H,7-10H2,1-2H3. The van der Waals surface area contributed by atoms with E-state index in [1.54, 1.807) is 34.4 Å². The second-order valence-electron chi connectivity index (χ2n) is 6.66. The first-order chi connectivity index (χ1) is 12.5. The molecule has 1 amide bonds. The molecule has 0 unspecified atom stereocenters. The Kier molecular flexibility index (Phi) is 4.36. The van der Waals surface area contributed by atoms with Crippen molar-refractivity contribution in [2.75, 3.05) is 31.1 Å². The van der Waals surface area contributed by atoms with Crippen LogP contribution in [0.25, 0.3) is 10.2 Å². The number of amides is 1. The minimum absolute atomic E-state index is 0.145. The molecule has 6 heteroatoms. The smallest absolute Gasteiger partial charge is 0.256 e. The molecule has 3 aromatic rings. The van der Waals surface area contributed by atoms with Gasteiger partial charge in [0.2, 0.25) is 0 Å².